The summed E-state index contributed by atoms with van der Waals surface area (Å²) in [6.45, 7) is 0. The highest BCUT2D eigenvalue weighted by Crippen LogP contribution is 2.33. The van der Waals surface area contributed by atoms with Crippen molar-refractivity contribution in [3.05, 3.63) is 23.8 Å². The highest BCUT2D eigenvalue weighted by molar-refractivity contribution is 6.05. The van der Waals surface area contributed by atoms with Crippen molar-refractivity contribution in [2.75, 3.05) is 19.1 Å². The summed E-state index contributed by atoms with van der Waals surface area (Å²) in [5, 5.41) is 8.94. The van der Waals surface area contributed by atoms with Crippen LogP contribution in [0, 0.1) is 0 Å². The van der Waals surface area contributed by atoms with Gasteiger partial charge in [-0.2, -0.15) is 13.2 Å². The van der Waals surface area contributed by atoms with E-state index in [9.17, 15) is 22.8 Å². The van der Waals surface area contributed by atoms with Gasteiger partial charge < -0.3 is 14.7 Å². The molecule has 0 bridgehead atoms. The number of alkyl halides is 3. The largest absolute Gasteiger partial charge is 0.495 e. The Balaban J connectivity index is 3.39. The van der Waals surface area contributed by atoms with Crippen molar-refractivity contribution in [2.24, 2.45) is 0 Å². The van der Waals surface area contributed by atoms with Crippen molar-refractivity contribution in [1.29, 1.82) is 0 Å². The van der Waals surface area contributed by atoms with Gasteiger partial charge in [0.15, 0.2) is 0 Å². The summed E-state index contributed by atoms with van der Waals surface area (Å²) < 4.78 is 41.9. The molecule has 5 nitrogen and oxygen atoms in total. The zero-order valence-electron chi connectivity index (χ0n) is 9.99. The number of rotatable bonds is 3. The maximum atomic E-state index is 12.4. The average Bonchev–Trinajstić information content (AvgIpc) is 2.34. The number of carboxylic acids is 1. The summed E-state index contributed by atoms with van der Waals surface area (Å²) in [6.07, 6.45) is -5.11. The normalized spacial score (nSPS) is 11.0. The molecule has 0 aromatic heterocycles. The molecule has 0 spiro atoms. The topological polar surface area (TPSA) is 66.8 Å². The average molecular weight is 277 g/mol. The van der Waals surface area contributed by atoms with Crippen molar-refractivity contribution in [2.45, 2.75) is 6.18 Å². The second kappa shape index (κ2) is 5.17. The summed E-state index contributed by atoms with van der Waals surface area (Å²) >= 11 is 0. The molecule has 1 aromatic rings. The third kappa shape index (κ3) is 2.95. The molecule has 104 valence electrons. The summed E-state index contributed by atoms with van der Waals surface area (Å²) in [7, 11) is 2.00. The molecule has 0 heterocycles. The van der Waals surface area contributed by atoms with E-state index in [2.05, 4.69) is 0 Å². The van der Waals surface area contributed by atoms with Gasteiger partial charge in [0.25, 0.3) is 0 Å². The molecule has 8 heteroatoms. The van der Waals surface area contributed by atoms with E-state index in [1.54, 1.807) is 0 Å². The number of hydrogen-bond donors (Lipinski definition) is 1. The van der Waals surface area contributed by atoms with Gasteiger partial charge in [-0.1, -0.05) is 6.07 Å². The van der Waals surface area contributed by atoms with E-state index in [-0.39, 0.29) is 10.6 Å². The van der Waals surface area contributed by atoms with Gasteiger partial charge in [-0.25, -0.2) is 4.79 Å². The lowest BCUT2D eigenvalue weighted by Gasteiger charge is -2.22. The fraction of sp³-hybridized carbons (Fsp3) is 0.273. The van der Waals surface area contributed by atoms with Crippen LogP contribution in [-0.2, 0) is 4.79 Å². The lowest BCUT2D eigenvalue weighted by atomic mass is 10.1. The van der Waals surface area contributed by atoms with Crippen LogP contribution in [-0.4, -0.2) is 37.3 Å². The van der Waals surface area contributed by atoms with Crippen LogP contribution in [0.1, 0.15) is 10.4 Å². The van der Waals surface area contributed by atoms with Gasteiger partial charge in [0.1, 0.15) is 11.4 Å². The van der Waals surface area contributed by atoms with Crippen molar-refractivity contribution >= 4 is 17.6 Å². The Morgan fingerprint density at radius 1 is 1.32 bits per heavy atom. The van der Waals surface area contributed by atoms with Gasteiger partial charge >= 0.3 is 18.1 Å². The minimum Gasteiger partial charge on any atom is -0.495 e. The van der Waals surface area contributed by atoms with Crippen LogP contribution in [0.25, 0.3) is 0 Å². The van der Waals surface area contributed by atoms with Crippen LogP contribution in [0.2, 0.25) is 0 Å². The fourth-order valence-corrected chi connectivity index (χ4v) is 1.50. The molecule has 19 heavy (non-hydrogen) atoms. The first-order valence-electron chi connectivity index (χ1n) is 4.95. The number of carbonyl (C=O) groups is 2. The molecule has 1 amide bonds. The molecule has 0 unspecified atom stereocenters. The standard InChI is InChI=1S/C11H10F3NO4/c1-15(10(18)11(12,13)14)8-6(9(16)17)4-3-5-7(8)19-2/h3-5H,1-2H3,(H,16,17). The summed E-state index contributed by atoms with van der Waals surface area (Å²) in [4.78, 5) is 22.4. The van der Waals surface area contributed by atoms with Crippen LogP contribution in [0.15, 0.2) is 18.2 Å². The third-order valence-corrected chi connectivity index (χ3v) is 2.33. The molecular weight excluding hydrogens is 267 g/mol. The predicted molar refractivity (Wildman–Crippen MR) is 59.4 cm³/mol. The van der Waals surface area contributed by atoms with E-state index in [0.717, 1.165) is 20.2 Å². The number of carboxylic acid groups (broad SMARTS) is 1. The van der Waals surface area contributed by atoms with E-state index < -0.39 is 29.3 Å². The second-order valence-electron chi connectivity index (χ2n) is 3.52. The molecule has 0 saturated carbocycles. The van der Waals surface area contributed by atoms with E-state index in [0.29, 0.717) is 0 Å². The summed E-state index contributed by atoms with van der Waals surface area (Å²) in [6, 6.07) is 3.65. The number of aromatic carboxylic acids is 1. The Labute approximate surface area is 106 Å². The molecule has 1 rings (SSSR count). The van der Waals surface area contributed by atoms with Crippen molar-refractivity contribution in [3.63, 3.8) is 0 Å². The number of hydrogen-bond acceptors (Lipinski definition) is 3. The first-order chi connectivity index (χ1) is 8.70. The number of carbonyl (C=O) groups excluding carboxylic acids is 1. The predicted octanol–water partition coefficient (Wildman–Crippen LogP) is 1.92. The number of anilines is 1. The maximum Gasteiger partial charge on any atom is 0.471 e. The zero-order chi connectivity index (χ0) is 14.8. The number of ether oxygens (including phenoxy) is 1. The lowest BCUT2D eigenvalue weighted by Crippen LogP contribution is -2.39. The maximum absolute atomic E-state index is 12.4. The minimum atomic E-state index is -5.11. The van der Waals surface area contributed by atoms with Gasteiger partial charge in [-0.05, 0) is 12.1 Å². The Bertz CT molecular complexity index is 513. The van der Waals surface area contributed by atoms with E-state index in [4.69, 9.17) is 9.84 Å². The number of halogens is 3. The van der Waals surface area contributed by atoms with Crippen LogP contribution in [0.4, 0.5) is 18.9 Å². The summed E-state index contributed by atoms with van der Waals surface area (Å²) in [5.74, 6) is -3.78. The van der Waals surface area contributed by atoms with Crippen molar-refractivity contribution in [3.8, 4) is 5.75 Å². The van der Waals surface area contributed by atoms with Crippen molar-refractivity contribution in [1.82, 2.24) is 0 Å². The Hall–Kier alpha value is -2.25. The van der Waals surface area contributed by atoms with E-state index >= 15 is 0 Å². The number of benzene rings is 1. The van der Waals surface area contributed by atoms with E-state index in [1.807, 2.05) is 0 Å². The second-order valence-corrected chi connectivity index (χ2v) is 3.52. The van der Waals surface area contributed by atoms with Crippen LogP contribution >= 0.6 is 0 Å². The van der Waals surface area contributed by atoms with Crippen molar-refractivity contribution < 1.29 is 32.6 Å². The smallest absolute Gasteiger partial charge is 0.471 e. The molecule has 0 aliphatic heterocycles. The van der Waals surface area contributed by atoms with Crippen LogP contribution in [0.5, 0.6) is 5.75 Å². The summed E-state index contributed by atoms with van der Waals surface area (Å²) in [5.41, 5.74) is -0.903. The zero-order valence-corrected chi connectivity index (χ0v) is 9.99. The molecule has 0 radical (unpaired) electrons. The Morgan fingerprint density at radius 3 is 2.32 bits per heavy atom. The first kappa shape index (κ1) is 14.8. The number of nitrogens with zero attached hydrogens (tertiary/aromatic N) is 1. The lowest BCUT2D eigenvalue weighted by molar-refractivity contribution is -0.170. The van der Waals surface area contributed by atoms with Gasteiger partial charge in [0, 0.05) is 7.05 Å². The number of para-hydroxylation sites is 1. The van der Waals surface area contributed by atoms with E-state index in [1.165, 1.54) is 12.1 Å². The molecular formula is C11H10F3NO4. The SMILES string of the molecule is COc1cccc(C(=O)O)c1N(C)C(=O)C(F)(F)F. The Morgan fingerprint density at radius 2 is 1.89 bits per heavy atom. The molecule has 0 saturated heterocycles. The molecule has 0 aliphatic rings. The number of amides is 1. The highest BCUT2D eigenvalue weighted by Gasteiger charge is 2.43. The van der Waals surface area contributed by atoms with Crippen LogP contribution < -0.4 is 9.64 Å². The van der Waals surface area contributed by atoms with Gasteiger partial charge in [-0.3, -0.25) is 4.79 Å². The molecule has 0 aliphatic carbocycles. The van der Waals surface area contributed by atoms with Crippen LogP contribution in [0.3, 0.4) is 0 Å². The quantitative estimate of drug-likeness (QED) is 0.916. The van der Waals surface area contributed by atoms with Gasteiger partial charge in [-0.15, -0.1) is 0 Å². The monoisotopic (exact) mass is 277 g/mol. The number of methoxy groups -OCH3 is 1. The Kier molecular flexibility index (Phi) is 4.03. The first-order valence-corrected chi connectivity index (χ1v) is 4.95. The third-order valence-electron chi connectivity index (χ3n) is 2.33. The van der Waals surface area contributed by atoms with Gasteiger partial charge in [0.05, 0.1) is 12.7 Å². The van der Waals surface area contributed by atoms with Gasteiger partial charge in [0.2, 0.25) is 0 Å². The highest BCUT2D eigenvalue weighted by atomic mass is 19.4. The molecule has 1 N–H and O–H groups in total. The molecule has 0 atom stereocenters. The molecule has 1 aromatic carbocycles. The fourth-order valence-electron chi connectivity index (χ4n) is 1.50. The minimum absolute atomic E-state index is 0.139. The molecule has 0 fully saturated rings.